The first kappa shape index (κ1) is 20.6. The van der Waals surface area contributed by atoms with Crippen molar-refractivity contribution in [1.82, 2.24) is 15.2 Å². The van der Waals surface area contributed by atoms with Crippen LogP contribution in [0.3, 0.4) is 0 Å². The summed E-state index contributed by atoms with van der Waals surface area (Å²) in [5.74, 6) is 0.771. The number of carbonyl (C=O) groups excluding carboxylic acids is 2. The van der Waals surface area contributed by atoms with E-state index in [2.05, 4.69) is 17.2 Å². The van der Waals surface area contributed by atoms with E-state index in [9.17, 15) is 9.59 Å². The predicted octanol–water partition coefficient (Wildman–Crippen LogP) is 4.26. The second-order valence-corrected chi connectivity index (χ2v) is 8.29. The van der Waals surface area contributed by atoms with E-state index in [-0.39, 0.29) is 17.7 Å². The molecule has 2 aromatic heterocycles. The third-order valence-electron chi connectivity index (χ3n) is 5.14. The zero-order chi connectivity index (χ0) is 19.9. The lowest BCUT2D eigenvalue weighted by atomic mass is 9.96. The third kappa shape index (κ3) is 5.01. The van der Waals surface area contributed by atoms with E-state index in [1.807, 2.05) is 17.5 Å². The number of nitrogens with zero attached hydrogens (tertiary/aromatic N) is 2. The summed E-state index contributed by atoms with van der Waals surface area (Å²) in [6.45, 7) is 5.75. The summed E-state index contributed by atoms with van der Waals surface area (Å²) in [4.78, 5) is 32.5. The fraction of sp³-hybridized carbons (Fsp3) is 0.571. The Balaban J connectivity index is 1.58. The van der Waals surface area contributed by atoms with E-state index < -0.39 is 0 Å². The Hall–Kier alpha value is -2.15. The number of thiophene rings is 1. The standard InChI is InChI=1S/C21H29N3O3S/c1-3-4-5-6-11-22-19(25)16-9-7-12-24(14-16)21(26)18-15(2)27-20(23-18)17-10-8-13-28-17/h8,10,13,16H,3-7,9,11-12,14H2,1-2H3,(H,22,25). The molecule has 0 bridgehead atoms. The molecule has 2 aromatic rings. The van der Waals surface area contributed by atoms with Gasteiger partial charge >= 0.3 is 0 Å². The van der Waals surface area contributed by atoms with Gasteiger partial charge in [-0.1, -0.05) is 32.3 Å². The van der Waals surface area contributed by atoms with E-state index in [1.165, 1.54) is 24.2 Å². The number of likely N-dealkylation sites (tertiary alicyclic amines) is 1. The smallest absolute Gasteiger partial charge is 0.276 e. The van der Waals surface area contributed by atoms with Gasteiger partial charge in [0.1, 0.15) is 5.76 Å². The van der Waals surface area contributed by atoms with Crippen molar-refractivity contribution in [3.8, 4) is 10.8 Å². The molecule has 1 aliphatic rings. The summed E-state index contributed by atoms with van der Waals surface area (Å²) < 4.78 is 5.70. The summed E-state index contributed by atoms with van der Waals surface area (Å²) in [6.07, 6.45) is 6.19. The first-order valence-electron chi connectivity index (χ1n) is 10.2. The molecule has 3 rings (SSSR count). The van der Waals surface area contributed by atoms with Crippen molar-refractivity contribution in [2.24, 2.45) is 5.92 Å². The minimum absolute atomic E-state index is 0.0603. The molecule has 0 aromatic carbocycles. The monoisotopic (exact) mass is 403 g/mol. The zero-order valence-corrected chi connectivity index (χ0v) is 17.5. The average molecular weight is 404 g/mol. The van der Waals surface area contributed by atoms with Crippen molar-refractivity contribution in [3.63, 3.8) is 0 Å². The topological polar surface area (TPSA) is 75.4 Å². The normalized spacial score (nSPS) is 16.9. The molecule has 1 fully saturated rings. The lowest BCUT2D eigenvalue weighted by molar-refractivity contribution is -0.126. The largest absolute Gasteiger partial charge is 0.440 e. The Labute approximate surface area is 170 Å². The minimum atomic E-state index is -0.149. The van der Waals surface area contributed by atoms with Crippen molar-refractivity contribution >= 4 is 23.2 Å². The molecule has 6 nitrogen and oxygen atoms in total. The van der Waals surface area contributed by atoms with Gasteiger partial charge in [-0.05, 0) is 37.6 Å². The molecule has 0 spiro atoms. The molecule has 0 radical (unpaired) electrons. The highest BCUT2D eigenvalue weighted by molar-refractivity contribution is 7.13. The van der Waals surface area contributed by atoms with Crippen LogP contribution in [0.2, 0.25) is 0 Å². The van der Waals surface area contributed by atoms with E-state index in [4.69, 9.17) is 4.42 Å². The summed E-state index contributed by atoms with van der Waals surface area (Å²) in [5.41, 5.74) is 0.351. The molecular weight excluding hydrogens is 374 g/mol. The van der Waals surface area contributed by atoms with Gasteiger partial charge in [0.2, 0.25) is 11.8 Å². The Morgan fingerprint density at radius 3 is 2.96 bits per heavy atom. The molecule has 28 heavy (non-hydrogen) atoms. The molecule has 2 amide bonds. The Kier molecular flexibility index (Phi) is 7.25. The van der Waals surface area contributed by atoms with Gasteiger partial charge in [-0.25, -0.2) is 4.98 Å². The van der Waals surface area contributed by atoms with Crippen LogP contribution in [0, 0.1) is 12.8 Å². The van der Waals surface area contributed by atoms with Crippen molar-refractivity contribution in [2.75, 3.05) is 19.6 Å². The van der Waals surface area contributed by atoms with Gasteiger partial charge in [0.05, 0.1) is 10.8 Å². The Morgan fingerprint density at radius 1 is 1.36 bits per heavy atom. The quantitative estimate of drug-likeness (QED) is 0.668. The number of nitrogens with one attached hydrogen (secondary N) is 1. The minimum Gasteiger partial charge on any atom is -0.440 e. The van der Waals surface area contributed by atoms with E-state index in [0.717, 1.165) is 37.1 Å². The lowest BCUT2D eigenvalue weighted by Gasteiger charge is -2.31. The predicted molar refractivity (Wildman–Crippen MR) is 110 cm³/mol. The SMILES string of the molecule is CCCCCCNC(=O)C1CCCN(C(=O)c2nc(-c3cccs3)oc2C)C1. The number of amides is 2. The van der Waals surface area contributed by atoms with Crippen molar-refractivity contribution < 1.29 is 14.0 Å². The molecule has 1 unspecified atom stereocenters. The van der Waals surface area contributed by atoms with Gasteiger partial charge in [-0.15, -0.1) is 11.3 Å². The first-order valence-corrected chi connectivity index (χ1v) is 11.1. The number of aromatic nitrogens is 1. The van der Waals surface area contributed by atoms with Crippen molar-refractivity contribution in [3.05, 3.63) is 29.0 Å². The molecule has 3 heterocycles. The number of unbranched alkanes of at least 4 members (excludes halogenated alkanes) is 3. The van der Waals surface area contributed by atoms with E-state index >= 15 is 0 Å². The summed E-state index contributed by atoms with van der Waals surface area (Å²) >= 11 is 1.53. The van der Waals surface area contributed by atoms with Crippen LogP contribution in [-0.4, -0.2) is 41.3 Å². The lowest BCUT2D eigenvalue weighted by Crippen LogP contribution is -2.45. The van der Waals surface area contributed by atoms with Crippen LogP contribution in [0.5, 0.6) is 0 Å². The number of aryl methyl sites for hydroxylation is 1. The average Bonchev–Trinajstić information content (AvgIpc) is 3.37. The van der Waals surface area contributed by atoms with Gasteiger partial charge in [0.25, 0.3) is 5.91 Å². The molecule has 0 saturated carbocycles. The Bertz CT molecular complexity index is 785. The third-order valence-corrected chi connectivity index (χ3v) is 6.00. The molecule has 1 aliphatic heterocycles. The van der Waals surface area contributed by atoms with Crippen molar-refractivity contribution in [1.29, 1.82) is 0 Å². The highest BCUT2D eigenvalue weighted by Gasteiger charge is 2.31. The molecule has 1 N–H and O–H groups in total. The van der Waals surface area contributed by atoms with Crippen LogP contribution >= 0.6 is 11.3 Å². The van der Waals surface area contributed by atoms with Gasteiger partial charge in [-0.3, -0.25) is 9.59 Å². The fourth-order valence-electron chi connectivity index (χ4n) is 3.53. The summed E-state index contributed by atoms with van der Waals surface area (Å²) in [7, 11) is 0. The van der Waals surface area contributed by atoms with Crippen LogP contribution in [0.15, 0.2) is 21.9 Å². The maximum absolute atomic E-state index is 13.0. The first-order chi connectivity index (χ1) is 13.6. The molecular formula is C21H29N3O3S. The van der Waals surface area contributed by atoms with E-state index in [0.29, 0.717) is 30.4 Å². The second-order valence-electron chi connectivity index (χ2n) is 7.34. The highest BCUT2D eigenvalue weighted by Crippen LogP contribution is 2.27. The number of hydrogen-bond donors (Lipinski definition) is 1. The molecule has 1 saturated heterocycles. The second kappa shape index (κ2) is 9.87. The van der Waals surface area contributed by atoms with Crippen LogP contribution in [0.4, 0.5) is 0 Å². The number of hydrogen-bond acceptors (Lipinski definition) is 5. The number of oxazole rings is 1. The number of rotatable bonds is 8. The molecule has 152 valence electrons. The fourth-order valence-corrected chi connectivity index (χ4v) is 4.18. The van der Waals surface area contributed by atoms with Gasteiger partial charge in [-0.2, -0.15) is 0 Å². The maximum Gasteiger partial charge on any atom is 0.276 e. The molecule has 7 heteroatoms. The van der Waals surface area contributed by atoms with E-state index in [1.54, 1.807) is 11.8 Å². The number of carbonyl (C=O) groups is 2. The highest BCUT2D eigenvalue weighted by atomic mass is 32.1. The zero-order valence-electron chi connectivity index (χ0n) is 16.7. The van der Waals surface area contributed by atoms with Gasteiger partial charge in [0, 0.05) is 19.6 Å². The van der Waals surface area contributed by atoms with Crippen LogP contribution in [0.25, 0.3) is 10.8 Å². The van der Waals surface area contributed by atoms with Gasteiger partial charge in [0.15, 0.2) is 5.69 Å². The summed E-state index contributed by atoms with van der Waals surface area (Å²) in [6, 6.07) is 3.85. The van der Waals surface area contributed by atoms with Crippen LogP contribution in [0.1, 0.15) is 61.7 Å². The van der Waals surface area contributed by atoms with Crippen molar-refractivity contribution in [2.45, 2.75) is 52.4 Å². The molecule has 0 aliphatic carbocycles. The van der Waals surface area contributed by atoms with Crippen LogP contribution in [-0.2, 0) is 4.79 Å². The Morgan fingerprint density at radius 2 is 2.21 bits per heavy atom. The maximum atomic E-state index is 13.0. The summed E-state index contributed by atoms with van der Waals surface area (Å²) in [5, 5.41) is 4.99. The van der Waals surface area contributed by atoms with Gasteiger partial charge < -0.3 is 14.6 Å². The number of piperidine rings is 1. The van der Waals surface area contributed by atoms with Crippen LogP contribution < -0.4 is 5.32 Å². The molecule has 1 atom stereocenters.